The first-order valence-corrected chi connectivity index (χ1v) is 12.2. The van der Waals surface area contributed by atoms with Crippen molar-refractivity contribution in [2.24, 2.45) is 5.92 Å². The topological polar surface area (TPSA) is 66.5 Å². The van der Waals surface area contributed by atoms with Gasteiger partial charge >= 0.3 is 0 Å². The maximum Gasteiger partial charge on any atom is 0.243 e. The Labute approximate surface area is 170 Å². The second-order valence-corrected chi connectivity index (χ2v) is 9.84. The van der Waals surface area contributed by atoms with Crippen LogP contribution in [0.5, 0.6) is 0 Å². The lowest BCUT2D eigenvalue weighted by atomic mass is 9.97. The molecule has 5 nitrogen and oxygen atoms in total. The fourth-order valence-electron chi connectivity index (χ4n) is 3.66. The van der Waals surface area contributed by atoms with Gasteiger partial charge in [-0.15, -0.1) is 0 Å². The molecule has 2 rings (SSSR count). The Kier molecular flexibility index (Phi) is 9.45. The molecule has 1 aliphatic heterocycles. The molecule has 0 bridgehead atoms. The Morgan fingerprint density at radius 3 is 2.18 bits per heavy atom. The van der Waals surface area contributed by atoms with E-state index in [1.807, 2.05) is 19.1 Å². The van der Waals surface area contributed by atoms with Crippen LogP contribution in [0.3, 0.4) is 0 Å². The highest BCUT2D eigenvalue weighted by atomic mass is 32.2. The van der Waals surface area contributed by atoms with Gasteiger partial charge in [-0.2, -0.15) is 4.31 Å². The summed E-state index contributed by atoms with van der Waals surface area (Å²) in [5.41, 5.74) is 1.04. The van der Waals surface area contributed by atoms with E-state index >= 15 is 0 Å². The lowest BCUT2D eigenvalue weighted by Crippen LogP contribution is -2.43. The van der Waals surface area contributed by atoms with Crippen LogP contribution in [0.25, 0.3) is 0 Å². The first-order chi connectivity index (χ1) is 13.4. The maximum absolute atomic E-state index is 12.7. The van der Waals surface area contributed by atoms with Gasteiger partial charge in [-0.3, -0.25) is 4.79 Å². The van der Waals surface area contributed by atoms with E-state index in [1.165, 1.54) is 36.4 Å². The third-order valence-corrected chi connectivity index (χ3v) is 7.48. The highest BCUT2D eigenvalue weighted by Gasteiger charge is 2.31. The normalized spacial score (nSPS) is 16.2. The fourth-order valence-corrected chi connectivity index (χ4v) is 5.13. The first-order valence-electron chi connectivity index (χ1n) is 10.8. The van der Waals surface area contributed by atoms with Crippen LogP contribution < -0.4 is 5.32 Å². The lowest BCUT2D eigenvalue weighted by molar-refractivity contribution is -0.126. The minimum Gasteiger partial charge on any atom is -0.356 e. The van der Waals surface area contributed by atoms with Crippen molar-refractivity contribution in [2.45, 2.75) is 76.5 Å². The molecule has 158 valence electrons. The smallest absolute Gasteiger partial charge is 0.243 e. The Balaban J connectivity index is 1.68. The van der Waals surface area contributed by atoms with Crippen molar-refractivity contribution >= 4 is 15.9 Å². The van der Waals surface area contributed by atoms with E-state index in [1.54, 1.807) is 12.1 Å². The molecule has 0 unspecified atom stereocenters. The summed E-state index contributed by atoms with van der Waals surface area (Å²) in [5.74, 6) is 0.00684. The third kappa shape index (κ3) is 6.89. The maximum atomic E-state index is 12.7. The van der Waals surface area contributed by atoms with Crippen molar-refractivity contribution < 1.29 is 13.2 Å². The van der Waals surface area contributed by atoms with Gasteiger partial charge in [0, 0.05) is 25.6 Å². The molecule has 0 saturated carbocycles. The number of benzene rings is 1. The van der Waals surface area contributed by atoms with E-state index in [2.05, 4.69) is 12.2 Å². The van der Waals surface area contributed by atoms with E-state index in [-0.39, 0.29) is 11.8 Å². The van der Waals surface area contributed by atoms with E-state index in [0.717, 1.165) is 24.9 Å². The van der Waals surface area contributed by atoms with Gasteiger partial charge < -0.3 is 5.32 Å². The van der Waals surface area contributed by atoms with Crippen molar-refractivity contribution in [1.82, 2.24) is 9.62 Å². The number of amides is 1. The largest absolute Gasteiger partial charge is 0.356 e. The first kappa shape index (κ1) is 22.9. The molecule has 1 aliphatic rings. The number of carbonyl (C=O) groups is 1. The Morgan fingerprint density at radius 1 is 1.00 bits per heavy atom. The summed E-state index contributed by atoms with van der Waals surface area (Å²) in [6.07, 6.45) is 9.79. The highest BCUT2D eigenvalue weighted by molar-refractivity contribution is 7.89. The van der Waals surface area contributed by atoms with Gasteiger partial charge in [-0.1, -0.05) is 63.1 Å². The Bertz CT molecular complexity index is 693. The molecule has 0 aromatic heterocycles. The predicted octanol–water partition coefficient (Wildman–Crippen LogP) is 4.26. The second kappa shape index (κ2) is 11.6. The van der Waals surface area contributed by atoms with Crippen molar-refractivity contribution in [2.75, 3.05) is 19.6 Å². The molecule has 0 radical (unpaired) electrons. The van der Waals surface area contributed by atoms with E-state index < -0.39 is 10.0 Å². The molecule has 0 atom stereocenters. The molecule has 1 saturated heterocycles. The Morgan fingerprint density at radius 2 is 1.57 bits per heavy atom. The number of rotatable bonds is 11. The van der Waals surface area contributed by atoms with Crippen molar-refractivity contribution in [3.05, 3.63) is 29.8 Å². The van der Waals surface area contributed by atoms with Crippen molar-refractivity contribution in [3.63, 3.8) is 0 Å². The summed E-state index contributed by atoms with van der Waals surface area (Å²) in [6.45, 7) is 5.71. The minimum absolute atomic E-state index is 0.0750. The van der Waals surface area contributed by atoms with Crippen LogP contribution in [0.4, 0.5) is 0 Å². The average molecular weight is 409 g/mol. The zero-order valence-corrected chi connectivity index (χ0v) is 18.3. The van der Waals surface area contributed by atoms with Crippen LogP contribution >= 0.6 is 0 Å². The predicted molar refractivity (Wildman–Crippen MR) is 114 cm³/mol. The zero-order valence-electron chi connectivity index (χ0n) is 17.5. The molecule has 6 heteroatoms. The molecule has 0 aliphatic carbocycles. The molecule has 1 fully saturated rings. The van der Waals surface area contributed by atoms with Crippen LogP contribution in [0.2, 0.25) is 0 Å². The molecule has 1 N–H and O–H groups in total. The van der Waals surface area contributed by atoms with Crippen LogP contribution in [0, 0.1) is 12.8 Å². The summed E-state index contributed by atoms with van der Waals surface area (Å²) in [5, 5.41) is 3.04. The highest BCUT2D eigenvalue weighted by Crippen LogP contribution is 2.24. The van der Waals surface area contributed by atoms with Crippen LogP contribution in [0.1, 0.15) is 70.3 Å². The summed E-state index contributed by atoms with van der Waals surface area (Å²) < 4.78 is 27.0. The average Bonchev–Trinajstić information content (AvgIpc) is 2.70. The summed E-state index contributed by atoms with van der Waals surface area (Å²) in [7, 11) is -3.46. The summed E-state index contributed by atoms with van der Waals surface area (Å²) in [4.78, 5) is 12.7. The number of nitrogens with one attached hydrogen (secondary N) is 1. The van der Waals surface area contributed by atoms with Crippen LogP contribution in [-0.4, -0.2) is 38.3 Å². The molecule has 28 heavy (non-hydrogen) atoms. The fraction of sp³-hybridized carbons (Fsp3) is 0.682. The van der Waals surface area contributed by atoms with Gasteiger partial charge in [-0.25, -0.2) is 8.42 Å². The molecule has 1 aromatic carbocycles. The number of hydrogen-bond donors (Lipinski definition) is 1. The number of piperidine rings is 1. The summed E-state index contributed by atoms with van der Waals surface area (Å²) in [6, 6.07) is 6.95. The molecular formula is C22H36N2O3S. The van der Waals surface area contributed by atoms with Crippen LogP contribution in [-0.2, 0) is 14.8 Å². The van der Waals surface area contributed by atoms with Gasteiger partial charge in [0.2, 0.25) is 15.9 Å². The monoisotopic (exact) mass is 408 g/mol. The SMILES string of the molecule is CCCCCCCCCNC(=O)C1CCN(S(=O)(=O)c2ccc(C)cc2)CC1. The number of unbranched alkanes of at least 4 members (excludes halogenated alkanes) is 6. The van der Waals surface area contributed by atoms with E-state index in [4.69, 9.17) is 0 Å². The van der Waals surface area contributed by atoms with E-state index in [9.17, 15) is 13.2 Å². The van der Waals surface area contributed by atoms with Gasteiger partial charge in [0.05, 0.1) is 4.90 Å². The molecular weight excluding hydrogens is 372 g/mol. The molecule has 1 amide bonds. The number of aryl methyl sites for hydroxylation is 1. The summed E-state index contributed by atoms with van der Waals surface area (Å²) >= 11 is 0. The third-order valence-electron chi connectivity index (χ3n) is 5.56. The van der Waals surface area contributed by atoms with Gasteiger partial charge in [0.1, 0.15) is 0 Å². The molecule has 1 aromatic rings. The van der Waals surface area contributed by atoms with Crippen molar-refractivity contribution in [1.29, 1.82) is 0 Å². The van der Waals surface area contributed by atoms with E-state index in [0.29, 0.717) is 30.8 Å². The quantitative estimate of drug-likeness (QED) is 0.556. The number of sulfonamides is 1. The van der Waals surface area contributed by atoms with Gasteiger partial charge in [0.25, 0.3) is 0 Å². The van der Waals surface area contributed by atoms with Gasteiger partial charge in [0.15, 0.2) is 0 Å². The number of nitrogens with zero attached hydrogens (tertiary/aromatic N) is 1. The van der Waals surface area contributed by atoms with Crippen LogP contribution in [0.15, 0.2) is 29.2 Å². The molecule has 1 heterocycles. The second-order valence-electron chi connectivity index (χ2n) is 7.90. The zero-order chi connectivity index (χ0) is 20.4. The standard InChI is InChI=1S/C22H36N2O3S/c1-3-4-5-6-7-8-9-16-23-22(25)20-14-17-24(18-15-20)28(26,27)21-12-10-19(2)11-13-21/h10-13,20H,3-9,14-18H2,1-2H3,(H,23,25). The number of carbonyl (C=O) groups excluding carboxylic acids is 1. The number of hydrogen-bond acceptors (Lipinski definition) is 3. The molecule has 0 spiro atoms. The Hall–Kier alpha value is -1.40. The van der Waals surface area contributed by atoms with Crippen molar-refractivity contribution in [3.8, 4) is 0 Å². The lowest BCUT2D eigenvalue weighted by Gasteiger charge is -2.30. The minimum atomic E-state index is -3.46. The van der Waals surface area contributed by atoms with Gasteiger partial charge in [-0.05, 0) is 38.3 Å².